The maximum Gasteiger partial charge on any atom is 0.205 e. The number of aromatic nitrogens is 2. The number of ether oxygens (including phenoxy) is 5. The number of nitrogens with zero attached hydrogens (tertiary/aromatic N) is 2. The quantitative estimate of drug-likeness (QED) is 0.157. The maximum atomic E-state index is 6.71. The van der Waals surface area contributed by atoms with Crippen molar-refractivity contribution in [1.29, 1.82) is 0 Å². The van der Waals surface area contributed by atoms with Gasteiger partial charge in [-0.05, 0) is 35.4 Å². The largest absolute Gasteiger partial charge is 0.493 e. The highest BCUT2D eigenvalue weighted by Gasteiger charge is 2.28. The molecule has 6 aromatic rings. The SMILES string of the molecule is COc1ccc(-c2c(-c3cnn(Cc4ccccc4)c3)oc3c(OCc4ccccc4)c(OC)ccc23)c(OC)c1OC. The Morgan fingerprint density at radius 1 is 0.674 bits per heavy atom. The molecule has 0 radical (unpaired) electrons. The molecule has 0 amide bonds. The second-order valence-corrected chi connectivity index (χ2v) is 9.85. The van der Waals surface area contributed by atoms with Crippen LogP contribution < -0.4 is 23.7 Å². The fourth-order valence-corrected chi connectivity index (χ4v) is 5.25. The summed E-state index contributed by atoms with van der Waals surface area (Å²) in [5, 5.41) is 5.47. The first-order valence-electron chi connectivity index (χ1n) is 13.8. The molecule has 0 fully saturated rings. The van der Waals surface area contributed by atoms with Crippen LogP contribution in [0.2, 0.25) is 0 Å². The summed E-state index contributed by atoms with van der Waals surface area (Å²) in [4.78, 5) is 0. The molecule has 0 N–H and O–H groups in total. The van der Waals surface area contributed by atoms with Gasteiger partial charge in [0.1, 0.15) is 12.4 Å². The first kappa shape index (κ1) is 27.8. The first-order valence-corrected chi connectivity index (χ1v) is 13.8. The molecule has 0 atom stereocenters. The molecule has 0 unspecified atom stereocenters. The van der Waals surface area contributed by atoms with E-state index in [0.29, 0.717) is 53.2 Å². The molecule has 0 aliphatic heterocycles. The lowest BCUT2D eigenvalue weighted by atomic mass is 9.98. The van der Waals surface area contributed by atoms with E-state index in [2.05, 4.69) is 17.2 Å². The smallest absolute Gasteiger partial charge is 0.205 e. The normalized spacial score (nSPS) is 11.0. The van der Waals surface area contributed by atoms with Gasteiger partial charge in [0, 0.05) is 22.7 Å². The Kier molecular flexibility index (Phi) is 7.91. The summed E-state index contributed by atoms with van der Waals surface area (Å²) < 4.78 is 37.9. The molecule has 2 aromatic heterocycles. The van der Waals surface area contributed by atoms with Crippen LogP contribution in [0, 0.1) is 0 Å². The third kappa shape index (κ3) is 5.35. The van der Waals surface area contributed by atoms with E-state index in [1.165, 1.54) is 0 Å². The molecule has 0 saturated heterocycles. The Bertz CT molecular complexity index is 1840. The van der Waals surface area contributed by atoms with Crippen molar-refractivity contribution < 1.29 is 28.1 Å². The Morgan fingerprint density at radius 3 is 2.00 bits per heavy atom. The van der Waals surface area contributed by atoms with Gasteiger partial charge in [-0.15, -0.1) is 0 Å². The van der Waals surface area contributed by atoms with Crippen LogP contribution >= 0.6 is 0 Å². The number of methoxy groups -OCH3 is 4. The number of hydrogen-bond acceptors (Lipinski definition) is 7. The van der Waals surface area contributed by atoms with Gasteiger partial charge in [0.25, 0.3) is 0 Å². The summed E-state index contributed by atoms with van der Waals surface area (Å²) in [6.45, 7) is 0.964. The van der Waals surface area contributed by atoms with Crippen molar-refractivity contribution in [2.75, 3.05) is 28.4 Å². The number of fused-ring (bicyclic) bond motifs is 1. The van der Waals surface area contributed by atoms with Crippen molar-refractivity contribution in [2.24, 2.45) is 0 Å². The van der Waals surface area contributed by atoms with Gasteiger partial charge in [-0.2, -0.15) is 5.10 Å². The molecule has 0 aliphatic carbocycles. The summed E-state index contributed by atoms with van der Waals surface area (Å²) in [5.74, 6) is 3.24. The van der Waals surface area contributed by atoms with Crippen LogP contribution in [0.5, 0.6) is 28.7 Å². The predicted octanol–water partition coefficient (Wildman–Crippen LogP) is 7.63. The molecule has 8 heteroatoms. The lowest BCUT2D eigenvalue weighted by Crippen LogP contribution is -1.99. The van der Waals surface area contributed by atoms with Crippen LogP contribution in [0.4, 0.5) is 0 Å². The molecule has 0 aliphatic rings. The molecule has 218 valence electrons. The first-order chi connectivity index (χ1) is 21.1. The molecule has 0 bridgehead atoms. The number of furan rings is 1. The molecule has 2 heterocycles. The number of benzene rings is 4. The van der Waals surface area contributed by atoms with Crippen molar-refractivity contribution in [3.63, 3.8) is 0 Å². The van der Waals surface area contributed by atoms with Crippen molar-refractivity contribution in [3.8, 4) is 51.2 Å². The Hall–Kier alpha value is -5.37. The van der Waals surface area contributed by atoms with Gasteiger partial charge in [-0.3, -0.25) is 4.68 Å². The zero-order valence-corrected chi connectivity index (χ0v) is 24.5. The summed E-state index contributed by atoms with van der Waals surface area (Å²) in [7, 11) is 6.41. The fraction of sp³-hybridized carbons (Fsp3) is 0.171. The van der Waals surface area contributed by atoms with Gasteiger partial charge in [-0.25, -0.2) is 0 Å². The highest BCUT2D eigenvalue weighted by Crippen LogP contribution is 2.52. The molecule has 43 heavy (non-hydrogen) atoms. The summed E-state index contributed by atoms with van der Waals surface area (Å²) >= 11 is 0. The average molecular weight is 577 g/mol. The Balaban J connectivity index is 1.55. The van der Waals surface area contributed by atoms with E-state index in [1.54, 1.807) is 34.6 Å². The van der Waals surface area contributed by atoms with E-state index in [-0.39, 0.29) is 0 Å². The Labute approximate surface area is 250 Å². The summed E-state index contributed by atoms with van der Waals surface area (Å²) in [6.07, 6.45) is 3.78. The minimum Gasteiger partial charge on any atom is -0.493 e. The minimum absolute atomic E-state index is 0.344. The van der Waals surface area contributed by atoms with Gasteiger partial charge in [0.2, 0.25) is 11.5 Å². The van der Waals surface area contributed by atoms with Crippen LogP contribution in [0.25, 0.3) is 33.4 Å². The third-order valence-corrected chi connectivity index (χ3v) is 7.28. The number of hydrogen-bond donors (Lipinski definition) is 0. The molecule has 4 aromatic carbocycles. The molecule has 6 rings (SSSR count). The van der Waals surface area contributed by atoms with E-state index in [1.807, 2.05) is 83.7 Å². The molecular weight excluding hydrogens is 544 g/mol. The third-order valence-electron chi connectivity index (χ3n) is 7.28. The maximum absolute atomic E-state index is 6.71. The number of rotatable bonds is 11. The van der Waals surface area contributed by atoms with Crippen molar-refractivity contribution >= 4 is 11.0 Å². The molecule has 0 saturated carbocycles. The summed E-state index contributed by atoms with van der Waals surface area (Å²) in [5.41, 5.74) is 5.09. The van der Waals surface area contributed by atoms with Gasteiger partial charge >= 0.3 is 0 Å². The van der Waals surface area contributed by atoms with Crippen LogP contribution in [-0.4, -0.2) is 38.2 Å². The van der Waals surface area contributed by atoms with Crippen LogP contribution in [-0.2, 0) is 13.2 Å². The van der Waals surface area contributed by atoms with Crippen LogP contribution in [0.15, 0.2) is 102 Å². The van der Waals surface area contributed by atoms with Gasteiger partial charge in [-0.1, -0.05) is 60.7 Å². The fourth-order valence-electron chi connectivity index (χ4n) is 5.25. The average Bonchev–Trinajstić information content (AvgIpc) is 3.68. The van der Waals surface area contributed by atoms with Crippen molar-refractivity contribution in [3.05, 3.63) is 108 Å². The highest BCUT2D eigenvalue weighted by atomic mass is 16.5. The van der Waals surface area contributed by atoms with Crippen LogP contribution in [0.1, 0.15) is 11.1 Å². The zero-order chi connectivity index (χ0) is 29.8. The van der Waals surface area contributed by atoms with E-state index in [9.17, 15) is 0 Å². The van der Waals surface area contributed by atoms with E-state index in [4.69, 9.17) is 28.1 Å². The van der Waals surface area contributed by atoms with Crippen molar-refractivity contribution in [2.45, 2.75) is 13.2 Å². The van der Waals surface area contributed by atoms with Gasteiger partial charge < -0.3 is 28.1 Å². The molecular formula is C35H32N2O6. The second kappa shape index (κ2) is 12.2. The summed E-state index contributed by atoms with van der Waals surface area (Å²) in [6, 6.07) is 27.8. The van der Waals surface area contributed by atoms with Crippen LogP contribution in [0.3, 0.4) is 0 Å². The van der Waals surface area contributed by atoms with E-state index in [0.717, 1.165) is 33.2 Å². The second-order valence-electron chi connectivity index (χ2n) is 9.85. The van der Waals surface area contributed by atoms with E-state index < -0.39 is 0 Å². The predicted molar refractivity (Wildman–Crippen MR) is 165 cm³/mol. The zero-order valence-electron chi connectivity index (χ0n) is 24.5. The topological polar surface area (TPSA) is 77.1 Å². The van der Waals surface area contributed by atoms with Gasteiger partial charge in [0.05, 0.1) is 46.7 Å². The standard InChI is InChI=1S/C35H32N2O6/c1-38-28-17-15-26(32(40-3)34(28)41-4)30-27-16-18-29(39-2)35(42-22-24-13-9-6-10-14-24)33(27)43-31(30)25-19-36-37(21-25)20-23-11-7-5-8-12-23/h5-19,21H,20,22H2,1-4H3. The van der Waals surface area contributed by atoms with Crippen molar-refractivity contribution in [1.82, 2.24) is 9.78 Å². The Morgan fingerprint density at radius 2 is 1.33 bits per heavy atom. The van der Waals surface area contributed by atoms with E-state index >= 15 is 0 Å². The minimum atomic E-state index is 0.344. The van der Waals surface area contributed by atoms with Gasteiger partial charge in [0.15, 0.2) is 22.8 Å². The lowest BCUT2D eigenvalue weighted by molar-refractivity contribution is 0.284. The monoisotopic (exact) mass is 576 g/mol. The lowest BCUT2D eigenvalue weighted by Gasteiger charge is -2.16. The highest BCUT2D eigenvalue weighted by molar-refractivity contribution is 6.06. The molecule has 8 nitrogen and oxygen atoms in total. The molecule has 0 spiro atoms.